The number of halogens is 2. The van der Waals surface area contributed by atoms with Crippen LogP contribution >= 0.6 is 12.1 Å². The van der Waals surface area contributed by atoms with Gasteiger partial charge >= 0.3 is 0 Å². The van der Waals surface area contributed by atoms with Crippen LogP contribution in [0.1, 0.15) is 25.3 Å². The Hall–Kier alpha value is -0.770. The van der Waals surface area contributed by atoms with E-state index in [1.54, 1.807) is 6.07 Å². The predicted octanol–water partition coefficient (Wildman–Crippen LogP) is 4.16. The Kier molecular flexibility index (Phi) is 5.47. The second kappa shape index (κ2) is 6.67. The summed E-state index contributed by atoms with van der Waals surface area (Å²) >= 11 is 0.210. The number of nitrogens with one attached hydrogen (secondary N) is 1. The zero-order valence-corrected chi connectivity index (χ0v) is 9.54. The molecule has 84 valence electrons. The quantitative estimate of drug-likeness (QED) is 0.738. The second-order valence-electron chi connectivity index (χ2n) is 3.34. The highest BCUT2D eigenvalue weighted by molar-refractivity contribution is 7.93. The maximum Gasteiger partial charge on any atom is 0.123 e. The lowest BCUT2D eigenvalue weighted by atomic mass is 10.2. The van der Waals surface area contributed by atoms with Crippen molar-refractivity contribution >= 4 is 17.8 Å². The first-order valence-electron chi connectivity index (χ1n) is 5.03. The standard InChI is InChI=1S/C11H15F2NS/c1-2-3-6-14-11-5-4-10(12)7-9(11)8-15-13/h4-5,7,14H,2-3,6,8H2,1H3. The van der Waals surface area contributed by atoms with Gasteiger partial charge in [-0.2, -0.15) is 3.89 Å². The van der Waals surface area contributed by atoms with Gasteiger partial charge in [-0.3, -0.25) is 0 Å². The lowest BCUT2D eigenvalue weighted by Crippen LogP contribution is -2.03. The summed E-state index contributed by atoms with van der Waals surface area (Å²) in [5.41, 5.74) is 1.51. The van der Waals surface area contributed by atoms with Gasteiger partial charge in [-0.25, -0.2) is 4.39 Å². The normalized spacial score (nSPS) is 10.3. The first-order valence-corrected chi connectivity index (χ1v) is 5.92. The lowest BCUT2D eigenvalue weighted by Gasteiger charge is -2.10. The van der Waals surface area contributed by atoms with E-state index in [0.717, 1.165) is 25.1 Å². The largest absolute Gasteiger partial charge is 0.385 e. The van der Waals surface area contributed by atoms with Crippen LogP contribution in [-0.4, -0.2) is 6.54 Å². The fraction of sp³-hybridized carbons (Fsp3) is 0.455. The molecule has 1 aromatic rings. The average Bonchev–Trinajstić information content (AvgIpc) is 2.22. The van der Waals surface area contributed by atoms with Crippen molar-refractivity contribution < 1.29 is 8.28 Å². The minimum atomic E-state index is -0.319. The maximum absolute atomic E-state index is 12.9. The summed E-state index contributed by atoms with van der Waals surface area (Å²) in [5, 5.41) is 3.18. The molecule has 0 aliphatic carbocycles. The monoisotopic (exact) mass is 231 g/mol. The Balaban J connectivity index is 2.67. The highest BCUT2D eigenvalue weighted by Gasteiger charge is 2.03. The van der Waals surface area contributed by atoms with Crippen molar-refractivity contribution in [2.75, 3.05) is 11.9 Å². The van der Waals surface area contributed by atoms with Gasteiger partial charge in [-0.05, 0) is 30.2 Å². The SMILES string of the molecule is CCCCNc1ccc(F)cc1CSF. The van der Waals surface area contributed by atoms with Crippen molar-refractivity contribution in [2.45, 2.75) is 25.5 Å². The molecule has 0 aliphatic heterocycles. The van der Waals surface area contributed by atoms with Gasteiger partial charge in [0.25, 0.3) is 0 Å². The van der Waals surface area contributed by atoms with Crippen molar-refractivity contribution in [3.05, 3.63) is 29.6 Å². The highest BCUT2D eigenvalue weighted by atomic mass is 32.2. The number of unbranched alkanes of at least 4 members (excludes halogenated alkanes) is 1. The zero-order valence-electron chi connectivity index (χ0n) is 8.72. The van der Waals surface area contributed by atoms with Gasteiger partial charge < -0.3 is 5.32 Å². The van der Waals surface area contributed by atoms with Crippen LogP contribution in [0.2, 0.25) is 0 Å². The molecule has 0 saturated carbocycles. The van der Waals surface area contributed by atoms with E-state index in [4.69, 9.17) is 0 Å². The van der Waals surface area contributed by atoms with E-state index in [1.165, 1.54) is 12.1 Å². The van der Waals surface area contributed by atoms with Gasteiger partial charge in [0.15, 0.2) is 0 Å². The van der Waals surface area contributed by atoms with Crippen molar-refractivity contribution in [1.29, 1.82) is 0 Å². The maximum atomic E-state index is 12.9. The van der Waals surface area contributed by atoms with E-state index in [2.05, 4.69) is 12.2 Å². The van der Waals surface area contributed by atoms with Crippen LogP contribution in [-0.2, 0) is 5.75 Å². The van der Waals surface area contributed by atoms with Gasteiger partial charge in [0.1, 0.15) is 5.82 Å². The number of hydrogen-bond donors (Lipinski definition) is 1. The molecule has 0 aliphatic rings. The number of rotatable bonds is 6. The molecule has 0 fully saturated rings. The molecule has 1 aromatic carbocycles. The first kappa shape index (κ1) is 12.3. The molecular weight excluding hydrogens is 216 g/mol. The fourth-order valence-corrected chi connectivity index (χ4v) is 1.67. The van der Waals surface area contributed by atoms with Crippen LogP contribution in [0.4, 0.5) is 14.0 Å². The summed E-state index contributed by atoms with van der Waals surface area (Å²) in [6.07, 6.45) is 2.15. The molecule has 1 rings (SSSR count). The topological polar surface area (TPSA) is 12.0 Å². The molecular formula is C11H15F2NS. The Morgan fingerprint density at radius 1 is 1.40 bits per heavy atom. The third kappa shape index (κ3) is 4.08. The molecule has 0 aromatic heterocycles. The smallest absolute Gasteiger partial charge is 0.123 e. The minimum Gasteiger partial charge on any atom is -0.385 e. The van der Waals surface area contributed by atoms with Gasteiger partial charge in [0.05, 0.1) is 5.75 Å². The molecule has 0 amide bonds. The Bertz CT molecular complexity index is 305. The second-order valence-corrected chi connectivity index (χ2v) is 3.84. The minimum absolute atomic E-state index is 0.187. The molecule has 0 heterocycles. The molecule has 0 atom stereocenters. The third-order valence-electron chi connectivity index (χ3n) is 2.12. The molecule has 0 bridgehead atoms. The molecule has 0 radical (unpaired) electrons. The van der Waals surface area contributed by atoms with Crippen molar-refractivity contribution in [1.82, 2.24) is 0 Å². The first-order chi connectivity index (χ1) is 7.27. The van der Waals surface area contributed by atoms with Crippen LogP contribution < -0.4 is 5.32 Å². The van der Waals surface area contributed by atoms with E-state index in [1.807, 2.05) is 0 Å². The summed E-state index contributed by atoms with van der Waals surface area (Å²) in [6.45, 7) is 2.94. The predicted molar refractivity (Wildman–Crippen MR) is 62.2 cm³/mol. The van der Waals surface area contributed by atoms with Gasteiger partial charge in [-0.1, -0.05) is 13.3 Å². The molecule has 15 heavy (non-hydrogen) atoms. The van der Waals surface area contributed by atoms with Crippen LogP contribution in [0.15, 0.2) is 18.2 Å². The molecule has 0 spiro atoms. The Labute approximate surface area is 93.6 Å². The van der Waals surface area contributed by atoms with E-state index in [9.17, 15) is 8.28 Å². The molecule has 4 heteroatoms. The van der Waals surface area contributed by atoms with E-state index in [-0.39, 0.29) is 23.7 Å². The van der Waals surface area contributed by atoms with Gasteiger partial charge in [0.2, 0.25) is 0 Å². The van der Waals surface area contributed by atoms with Crippen molar-refractivity contribution in [3.8, 4) is 0 Å². The number of benzene rings is 1. The average molecular weight is 231 g/mol. The van der Waals surface area contributed by atoms with Crippen LogP contribution in [0.3, 0.4) is 0 Å². The summed E-state index contributed by atoms with van der Waals surface area (Å²) < 4.78 is 25.0. The summed E-state index contributed by atoms with van der Waals surface area (Å²) in [5.74, 6) is -0.133. The summed E-state index contributed by atoms with van der Waals surface area (Å²) in [6, 6.07) is 4.43. The lowest BCUT2D eigenvalue weighted by molar-refractivity contribution is 0.626. The van der Waals surface area contributed by atoms with E-state index < -0.39 is 0 Å². The van der Waals surface area contributed by atoms with Crippen molar-refractivity contribution in [3.63, 3.8) is 0 Å². The number of hydrogen-bond acceptors (Lipinski definition) is 2. The van der Waals surface area contributed by atoms with Crippen LogP contribution in [0.25, 0.3) is 0 Å². The fourth-order valence-electron chi connectivity index (χ4n) is 1.31. The summed E-state index contributed by atoms with van der Waals surface area (Å²) in [4.78, 5) is 0. The zero-order chi connectivity index (χ0) is 11.1. The Morgan fingerprint density at radius 2 is 2.20 bits per heavy atom. The molecule has 0 unspecified atom stereocenters. The van der Waals surface area contributed by atoms with E-state index in [0.29, 0.717) is 5.56 Å². The molecule has 1 N–H and O–H groups in total. The Morgan fingerprint density at radius 3 is 2.87 bits per heavy atom. The molecule has 1 nitrogen and oxygen atoms in total. The third-order valence-corrected chi connectivity index (χ3v) is 2.54. The number of anilines is 1. The van der Waals surface area contributed by atoms with Gasteiger partial charge in [-0.15, -0.1) is 0 Å². The van der Waals surface area contributed by atoms with Crippen molar-refractivity contribution in [2.24, 2.45) is 0 Å². The van der Waals surface area contributed by atoms with Gasteiger partial charge in [0, 0.05) is 24.4 Å². The molecule has 0 saturated heterocycles. The highest BCUT2D eigenvalue weighted by Crippen LogP contribution is 2.22. The summed E-state index contributed by atoms with van der Waals surface area (Å²) in [7, 11) is 0. The van der Waals surface area contributed by atoms with Crippen LogP contribution in [0.5, 0.6) is 0 Å². The van der Waals surface area contributed by atoms with Crippen LogP contribution in [0, 0.1) is 5.82 Å². The van der Waals surface area contributed by atoms with E-state index >= 15 is 0 Å².